The predicted molar refractivity (Wildman–Crippen MR) is 182 cm³/mol. The fraction of sp³-hybridized carbons (Fsp3) is 0.0244. The van der Waals surface area contributed by atoms with E-state index in [0.717, 1.165) is 22.3 Å². The number of benzene rings is 6. The van der Waals surface area contributed by atoms with Gasteiger partial charge in [0.15, 0.2) is 0 Å². The standard InChI is InChI=1S/C41H32/c1-5-14-35-29(7-3)26-40(32-19-11-18-31(25-32)38-22-13-17-30-15-9-10-20-36(30)38)41-27-33(23-24-39(35)41)37-21-12-16-28(6-2)34(37)8-4/h5-27H,1-2,4H2,3H3/b29-7-,35-14+. The molecule has 0 heterocycles. The van der Waals surface area contributed by atoms with Gasteiger partial charge in [-0.1, -0.05) is 141 Å². The fourth-order valence-electron chi connectivity index (χ4n) is 5.99. The van der Waals surface area contributed by atoms with Crippen LogP contribution in [0.15, 0.2) is 135 Å². The zero-order valence-electron chi connectivity index (χ0n) is 23.4. The molecular weight excluding hydrogens is 492 g/mol. The first-order chi connectivity index (χ1) is 20.2. The summed E-state index contributed by atoms with van der Waals surface area (Å²) in [4.78, 5) is 0. The Hall–Kier alpha value is -5.20. The average molecular weight is 525 g/mol. The molecule has 0 aliphatic carbocycles. The fourth-order valence-corrected chi connectivity index (χ4v) is 5.99. The first kappa shape index (κ1) is 26.0. The van der Waals surface area contributed by atoms with Gasteiger partial charge < -0.3 is 0 Å². The molecule has 6 aromatic carbocycles. The predicted octanol–water partition coefficient (Wildman–Crippen LogP) is 10.0. The van der Waals surface area contributed by atoms with E-state index in [4.69, 9.17) is 0 Å². The van der Waals surface area contributed by atoms with Gasteiger partial charge in [0.05, 0.1) is 0 Å². The molecule has 0 aromatic heterocycles. The highest BCUT2D eigenvalue weighted by Gasteiger charge is 2.13. The number of allylic oxidation sites excluding steroid dienone is 1. The van der Waals surface area contributed by atoms with E-state index in [1.807, 2.05) is 18.2 Å². The monoisotopic (exact) mass is 524 g/mol. The van der Waals surface area contributed by atoms with E-state index in [2.05, 4.69) is 148 Å². The van der Waals surface area contributed by atoms with Crippen LogP contribution in [-0.2, 0) is 0 Å². The molecule has 41 heavy (non-hydrogen) atoms. The van der Waals surface area contributed by atoms with Crippen molar-refractivity contribution in [2.45, 2.75) is 6.92 Å². The molecule has 0 N–H and O–H groups in total. The van der Waals surface area contributed by atoms with Gasteiger partial charge in [-0.2, -0.15) is 0 Å². The molecule has 0 heteroatoms. The summed E-state index contributed by atoms with van der Waals surface area (Å²) in [5.74, 6) is 0. The minimum absolute atomic E-state index is 1.08. The van der Waals surface area contributed by atoms with Gasteiger partial charge in [-0.05, 0) is 102 Å². The normalized spacial score (nSPS) is 12.1. The molecule has 0 spiro atoms. The Morgan fingerprint density at radius 1 is 0.537 bits per heavy atom. The third-order valence-electron chi connectivity index (χ3n) is 7.96. The van der Waals surface area contributed by atoms with Crippen molar-refractivity contribution in [3.05, 3.63) is 157 Å². The van der Waals surface area contributed by atoms with Crippen LogP contribution >= 0.6 is 0 Å². The van der Waals surface area contributed by atoms with Crippen LogP contribution in [0, 0.1) is 0 Å². The largest absolute Gasteiger partial charge is 0.0990 e. The Labute approximate surface area is 242 Å². The van der Waals surface area contributed by atoms with Gasteiger partial charge >= 0.3 is 0 Å². The van der Waals surface area contributed by atoms with Crippen LogP contribution in [0.1, 0.15) is 18.1 Å². The Balaban J connectivity index is 1.65. The van der Waals surface area contributed by atoms with Crippen molar-refractivity contribution in [3.8, 4) is 33.4 Å². The topological polar surface area (TPSA) is 0 Å². The highest BCUT2D eigenvalue weighted by atomic mass is 14.2. The van der Waals surface area contributed by atoms with E-state index in [-0.39, 0.29) is 0 Å². The van der Waals surface area contributed by atoms with Gasteiger partial charge in [0.25, 0.3) is 0 Å². The maximum Gasteiger partial charge on any atom is -0.00928 e. The molecular formula is C41H32. The summed E-state index contributed by atoms with van der Waals surface area (Å²) in [7, 11) is 0. The first-order valence-corrected chi connectivity index (χ1v) is 14.0. The third kappa shape index (κ3) is 4.64. The molecule has 6 aromatic rings. The molecule has 0 nitrogen and oxygen atoms in total. The SMILES string of the molecule is C=C/C=c1\c(=C/C)cc(-c2cccc(-c3cccc4ccccc34)c2)c2cc(-c3cccc(C=C)c3C=C)ccc12. The smallest absolute Gasteiger partial charge is 0.00928 e. The summed E-state index contributed by atoms with van der Waals surface area (Å²) >= 11 is 0. The van der Waals surface area contributed by atoms with E-state index in [0.29, 0.717) is 0 Å². The Morgan fingerprint density at radius 2 is 1.24 bits per heavy atom. The lowest BCUT2D eigenvalue weighted by atomic mass is 9.89. The van der Waals surface area contributed by atoms with Crippen molar-refractivity contribution < 1.29 is 0 Å². The second-order valence-corrected chi connectivity index (χ2v) is 10.2. The van der Waals surface area contributed by atoms with E-state index < -0.39 is 0 Å². The van der Waals surface area contributed by atoms with Gasteiger partial charge in [-0.15, -0.1) is 0 Å². The van der Waals surface area contributed by atoms with Crippen LogP contribution < -0.4 is 10.4 Å². The highest BCUT2D eigenvalue weighted by Crippen LogP contribution is 2.36. The van der Waals surface area contributed by atoms with Gasteiger partial charge in [0.1, 0.15) is 0 Å². The van der Waals surface area contributed by atoms with Crippen LogP contribution in [0.3, 0.4) is 0 Å². The Bertz CT molecular complexity index is 2100. The quantitative estimate of drug-likeness (QED) is 0.203. The minimum Gasteiger partial charge on any atom is -0.0990 e. The molecule has 0 saturated carbocycles. The van der Waals surface area contributed by atoms with Gasteiger partial charge in [0, 0.05) is 0 Å². The third-order valence-corrected chi connectivity index (χ3v) is 7.96. The molecule has 0 aliphatic rings. The molecule has 0 atom stereocenters. The van der Waals surface area contributed by atoms with Crippen molar-refractivity contribution in [2.75, 3.05) is 0 Å². The maximum absolute atomic E-state index is 4.11. The van der Waals surface area contributed by atoms with Crippen molar-refractivity contribution in [3.63, 3.8) is 0 Å². The van der Waals surface area contributed by atoms with Crippen molar-refractivity contribution in [1.82, 2.24) is 0 Å². The van der Waals surface area contributed by atoms with Crippen molar-refractivity contribution in [1.29, 1.82) is 0 Å². The van der Waals surface area contributed by atoms with E-state index in [1.165, 1.54) is 54.2 Å². The maximum atomic E-state index is 4.11. The van der Waals surface area contributed by atoms with E-state index in [1.54, 1.807) is 0 Å². The molecule has 0 amide bonds. The van der Waals surface area contributed by atoms with Crippen LogP contribution in [0.4, 0.5) is 0 Å². The average Bonchev–Trinajstić information content (AvgIpc) is 3.04. The van der Waals surface area contributed by atoms with Crippen LogP contribution in [-0.4, -0.2) is 0 Å². The van der Waals surface area contributed by atoms with Gasteiger partial charge in [0.2, 0.25) is 0 Å². The summed E-state index contributed by atoms with van der Waals surface area (Å²) < 4.78 is 0. The minimum atomic E-state index is 1.08. The van der Waals surface area contributed by atoms with E-state index >= 15 is 0 Å². The second-order valence-electron chi connectivity index (χ2n) is 10.2. The molecule has 6 rings (SSSR count). The number of fused-ring (bicyclic) bond motifs is 2. The van der Waals surface area contributed by atoms with E-state index in [9.17, 15) is 0 Å². The molecule has 0 radical (unpaired) electrons. The summed E-state index contributed by atoms with van der Waals surface area (Å²) in [6.45, 7) is 14.2. The van der Waals surface area contributed by atoms with Gasteiger partial charge in [-0.25, -0.2) is 0 Å². The van der Waals surface area contributed by atoms with Crippen LogP contribution in [0.25, 0.3) is 79.2 Å². The summed E-state index contributed by atoms with van der Waals surface area (Å²) in [6, 6.07) is 39.5. The number of rotatable bonds is 6. The molecule has 0 bridgehead atoms. The summed E-state index contributed by atoms with van der Waals surface area (Å²) in [5.41, 5.74) is 9.32. The Morgan fingerprint density at radius 3 is 2.02 bits per heavy atom. The molecule has 0 saturated heterocycles. The zero-order chi connectivity index (χ0) is 28.3. The Kier molecular flexibility index (Phi) is 7.06. The molecule has 196 valence electrons. The zero-order valence-corrected chi connectivity index (χ0v) is 23.4. The van der Waals surface area contributed by atoms with Crippen LogP contribution in [0.5, 0.6) is 0 Å². The van der Waals surface area contributed by atoms with Crippen molar-refractivity contribution >= 4 is 45.8 Å². The second kappa shape index (κ2) is 11.1. The lowest BCUT2D eigenvalue weighted by molar-refractivity contribution is 1.53. The van der Waals surface area contributed by atoms with Crippen LogP contribution in [0.2, 0.25) is 0 Å². The van der Waals surface area contributed by atoms with Gasteiger partial charge in [-0.3, -0.25) is 0 Å². The highest BCUT2D eigenvalue weighted by molar-refractivity contribution is 6.02. The molecule has 0 fully saturated rings. The number of hydrogen-bond acceptors (Lipinski definition) is 0. The lowest BCUT2D eigenvalue weighted by Crippen LogP contribution is -2.25. The summed E-state index contributed by atoms with van der Waals surface area (Å²) in [5, 5.41) is 7.29. The molecule has 0 unspecified atom stereocenters. The first-order valence-electron chi connectivity index (χ1n) is 14.0. The summed E-state index contributed by atoms with van der Waals surface area (Å²) in [6.07, 6.45) is 9.99. The lowest BCUT2D eigenvalue weighted by Gasteiger charge is -2.15. The number of hydrogen-bond donors (Lipinski definition) is 0. The molecule has 0 aliphatic heterocycles. The van der Waals surface area contributed by atoms with Crippen molar-refractivity contribution in [2.24, 2.45) is 0 Å².